The molecule has 1 fully saturated rings. The minimum Gasteiger partial charge on any atom is -0.480 e. The van der Waals surface area contributed by atoms with Crippen LogP contribution in [-0.2, 0) is 11.8 Å². The average molecular weight is 251 g/mol. The summed E-state index contributed by atoms with van der Waals surface area (Å²) >= 11 is 0. The molecule has 1 atom stereocenters. The van der Waals surface area contributed by atoms with Crippen molar-refractivity contribution >= 4 is 11.9 Å². The number of imidazole rings is 1. The van der Waals surface area contributed by atoms with Gasteiger partial charge in [0.1, 0.15) is 11.7 Å². The molecule has 1 aromatic heterocycles. The lowest BCUT2D eigenvalue weighted by Crippen LogP contribution is -2.44. The first-order valence-electron chi connectivity index (χ1n) is 6.11. The lowest BCUT2D eigenvalue weighted by Gasteiger charge is -2.26. The molecule has 1 saturated heterocycles. The molecule has 1 aliphatic rings. The molecular weight excluding hydrogens is 234 g/mol. The number of likely N-dealkylation sites (tertiary alicyclic amines) is 1. The van der Waals surface area contributed by atoms with E-state index >= 15 is 0 Å². The van der Waals surface area contributed by atoms with Crippen LogP contribution in [0.1, 0.15) is 36.2 Å². The Bertz CT molecular complexity index is 455. The van der Waals surface area contributed by atoms with Crippen molar-refractivity contribution < 1.29 is 14.7 Å². The Morgan fingerprint density at radius 1 is 1.39 bits per heavy atom. The number of carboxylic acids is 1. The fourth-order valence-corrected chi connectivity index (χ4v) is 2.28. The molecule has 0 spiro atoms. The van der Waals surface area contributed by atoms with Gasteiger partial charge in [-0.25, -0.2) is 9.78 Å². The van der Waals surface area contributed by atoms with E-state index < -0.39 is 12.0 Å². The highest BCUT2D eigenvalue weighted by atomic mass is 16.4. The summed E-state index contributed by atoms with van der Waals surface area (Å²) in [6.07, 6.45) is 6.35. The van der Waals surface area contributed by atoms with Gasteiger partial charge in [0.15, 0.2) is 0 Å². The first-order chi connectivity index (χ1) is 8.59. The summed E-state index contributed by atoms with van der Waals surface area (Å²) in [5, 5.41) is 9.22. The van der Waals surface area contributed by atoms with Crippen molar-refractivity contribution in [1.29, 1.82) is 0 Å². The van der Waals surface area contributed by atoms with E-state index in [0.717, 1.165) is 19.3 Å². The third-order valence-corrected chi connectivity index (χ3v) is 3.22. The molecule has 1 N–H and O–H groups in total. The molecule has 1 aliphatic heterocycles. The van der Waals surface area contributed by atoms with Gasteiger partial charge in [-0.15, -0.1) is 0 Å². The fraction of sp³-hybridized carbons (Fsp3) is 0.583. The van der Waals surface area contributed by atoms with Crippen molar-refractivity contribution in [3.63, 3.8) is 0 Å². The number of nitrogens with zero attached hydrogens (tertiary/aromatic N) is 3. The van der Waals surface area contributed by atoms with Gasteiger partial charge in [-0.05, 0) is 12.8 Å². The Morgan fingerprint density at radius 3 is 2.78 bits per heavy atom. The molecule has 6 nitrogen and oxygen atoms in total. The van der Waals surface area contributed by atoms with E-state index in [9.17, 15) is 14.7 Å². The second kappa shape index (κ2) is 5.20. The number of hydrogen-bond donors (Lipinski definition) is 1. The molecule has 0 radical (unpaired) electrons. The lowest BCUT2D eigenvalue weighted by molar-refractivity contribution is -0.142. The van der Waals surface area contributed by atoms with Crippen molar-refractivity contribution in [2.45, 2.75) is 31.7 Å². The topological polar surface area (TPSA) is 75.4 Å². The van der Waals surface area contributed by atoms with Crippen LogP contribution in [0.5, 0.6) is 0 Å². The number of hydrogen-bond acceptors (Lipinski definition) is 3. The van der Waals surface area contributed by atoms with E-state index in [1.807, 2.05) is 0 Å². The Balaban J connectivity index is 2.22. The molecule has 18 heavy (non-hydrogen) atoms. The molecule has 0 saturated carbocycles. The van der Waals surface area contributed by atoms with Gasteiger partial charge in [-0.1, -0.05) is 12.8 Å². The number of aryl methyl sites for hydroxylation is 1. The number of rotatable bonds is 2. The average Bonchev–Trinajstić information content (AvgIpc) is 2.63. The zero-order valence-electron chi connectivity index (χ0n) is 10.4. The molecule has 1 amide bonds. The van der Waals surface area contributed by atoms with E-state index in [2.05, 4.69) is 4.98 Å². The molecule has 2 rings (SSSR count). The molecule has 0 aliphatic carbocycles. The Kier molecular flexibility index (Phi) is 3.64. The van der Waals surface area contributed by atoms with Crippen LogP contribution in [0.25, 0.3) is 0 Å². The fourth-order valence-electron chi connectivity index (χ4n) is 2.28. The summed E-state index contributed by atoms with van der Waals surface area (Å²) in [7, 11) is 1.78. The smallest absolute Gasteiger partial charge is 0.326 e. The monoisotopic (exact) mass is 251 g/mol. The van der Waals surface area contributed by atoms with Gasteiger partial charge < -0.3 is 14.6 Å². The van der Waals surface area contributed by atoms with Crippen molar-refractivity contribution in [3.05, 3.63) is 18.2 Å². The maximum absolute atomic E-state index is 12.3. The quantitative estimate of drug-likeness (QED) is 0.847. The maximum atomic E-state index is 12.3. The zero-order valence-corrected chi connectivity index (χ0v) is 10.4. The Morgan fingerprint density at radius 2 is 2.17 bits per heavy atom. The first-order valence-corrected chi connectivity index (χ1v) is 6.11. The van der Waals surface area contributed by atoms with Crippen LogP contribution in [0, 0.1) is 0 Å². The van der Waals surface area contributed by atoms with Crippen LogP contribution in [0.2, 0.25) is 0 Å². The van der Waals surface area contributed by atoms with E-state index in [1.54, 1.807) is 24.1 Å². The van der Waals surface area contributed by atoms with Crippen LogP contribution in [-0.4, -0.2) is 44.0 Å². The third-order valence-electron chi connectivity index (χ3n) is 3.22. The van der Waals surface area contributed by atoms with Gasteiger partial charge in [0.05, 0.1) is 6.33 Å². The highest BCUT2D eigenvalue weighted by Crippen LogP contribution is 2.19. The van der Waals surface area contributed by atoms with E-state index in [0.29, 0.717) is 18.7 Å². The van der Waals surface area contributed by atoms with Crippen LogP contribution in [0.3, 0.4) is 0 Å². The predicted octanol–water partition coefficient (Wildman–Crippen LogP) is 0.890. The van der Waals surface area contributed by atoms with Gasteiger partial charge in [-0.3, -0.25) is 4.79 Å². The van der Waals surface area contributed by atoms with Crippen molar-refractivity contribution in [2.75, 3.05) is 6.54 Å². The molecule has 2 heterocycles. The maximum Gasteiger partial charge on any atom is 0.326 e. The summed E-state index contributed by atoms with van der Waals surface area (Å²) in [6.45, 7) is 0.492. The van der Waals surface area contributed by atoms with Crippen LogP contribution in [0.4, 0.5) is 0 Å². The van der Waals surface area contributed by atoms with E-state index in [1.165, 1.54) is 4.90 Å². The summed E-state index contributed by atoms with van der Waals surface area (Å²) in [5.74, 6) is -1.22. The van der Waals surface area contributed by atoms with Gasteiger partial charge >= 0.3 is 5.97 Å². The molecule has 0 bridgehead atoms. The van der Waals surface area contributed by atoms with Gasteiger partial charge in [0.2, 0.25) is 0 Å². The van der Waals surface area contributed by atoms with E-state index in [4.69, 9.17) is 0 Å². The number of carbonyl (C=O) groups excluding carboxylic acids is 1. The van der Waals surface area contributed by atoms with Gasteiger partial charge in [0.25, 0.3) is 5.91 Å². The van der Waals surface area contributed by atoms with Crippen molar-refractivity contribution in [1.82, 2.24) is 14.5 Å². The normalized spacial score (nSPS) is 20.5. The molecule has 98 valence electrons. The molecular formula is C12H17N3O3. The second-order valence-corrected chi connectivity index (χ2v) is 4.63. The van der Waals surface area contributed by atoms with Crippen molar-refractivity contribution in [3.8, 4) is 0 Å². The number of aromatic nitrogens is 2. The Hall–Kier alpha value is -1.85. The molecule has 1 aromatic rings. The number of carboxylic acid groups (broad SMARTS) is 1. The SMILES string of the molecule is Cn1cnc(C(=O)N2CCCCCC2C(=O)O)c1. The highest BCUT2D eigenvalue weighted by Gasteiger charge is 2.32. The summed E-state index contributed by atoms with van der Waals surface area (Å²) in [5.41, 5.74) is 0.311. The predicted molar refractivity (Wildman–Crippen MR) is 64.1 cm³/mol. The van der Waals surface area contributed by atoms with Gasteiger partial charge in [-0.2, -0.15) is 0 Å². The molecule has 1 unspecified atom stereocenters. The Labute approximate surface area is 105 Å². The lowest BCUT2D eigenvalue weighted by atomic mass is 10.1. The van der Waals surface area contributed by atoms with Crippen LogP contribution < -0.4 is 0 Å². The minimum atomic E-state index is -0.929. The number of amides is 1. The first kappa shape index (κ1) is 12.6. The second-order valence-electron chi connectivity index (χ2n) is 4.63. The number of aliphatic carboxylic acids is 1. The standard InChI is InChI=1S/C12H17N3O3/c1-14-7-9(13-8-14)11(16)15-6-4-2-3-5-10(15)12(17)18/h7-8,10H,2-6H2,1H3,(H,17,18). The summed E-state index contributed by atoms with van der Waals surface area (Å²) in [6, 6.07) is -0.720. The highest BCUT2D eigenvalue weighted by molar-refractivity contribution is 5.94. The van der Waals surface area contributed by atoms with Crippen LogP contribution >= 0.6 is 0 Å². The summed E-state index contributed by atoms with van der Waals surface area (Å²) < 4.78 is 1.68. The summed E-state index contributed by atoms with van der Waals surface area (Å²) in [4.78, 5) is 28.9. The zero-order chi connectivity index (χ0) is 13.1. The van der Waals surface area contributed by atoms with Crippen molar-refractivity contribution in [2.24, 2.45) is 7.05 Å². The third kappa shape index (κ3) is 2.52. The number of carbonyl (C=O) groups is 2. The van der Waals surface area contributed by atoms with Crippen LogP contribution in [0.15, 0.2) is 12.5 Å². The minimum absolute atomic E-state index is 0.287. The molecule has 0 aromatic carbocycles. The van der Waals surface area contributed by atoms with E-state index in [-0.39, 0.29) is 5.91 Å². The largest absolute Gasteiger partial charge is 0.480 e. The van der Waals surface area contributed by atoms with Gasteiger partial charge in [0, 0.05) is 19.8 Å². The molecule has 6 heteroatoms.